The van der Waals surface area contributed by atoms with Crippen LogP contribution in [0.2, 0.25) is 36.3 Å². The highest BCUT2D eigenvalue weighted by Crippen LogP contribution is 2.41. The summed E-state index contributed by atoms with van der Waals surface area (Å²) < 4.78 is 19.8. The van der Waals surface area contributed by atoms with E-state index in [1.165, 1.54) is 0 Å². The van der Waals surface area contributed by atoms with Gasteiger partial charge in [0.2, 0.25) is 0 Å². The quantitative estimate of drug-likeness (QED) is 0.198. The van der Waals surface area contributed by atoms with Crippen molar-refractivity contribution in [2.24, 2.45) is 5.92 Å². The number of nitriles is 1. The summed E-state index contributed by atoms with van der Waals surface area (Å²) in [4.78, 5) is 13.9. The van der Waals surface area contributed by atoms with E-state index in [4.69, 9.17) is 13.6 Å². The second-order valence-corrected chi connectivity index (χ2v) is 23.4. The molecule has 1 aromatic carbocycles. The summed E-state index contributed by atoms with van der Waals surface area (Å²) in [5, 5.41) is 9.41. The number of nitrogens with zero attached hydrogens (tertiary/aromatic N) is 1. The molecular formula is C31H51NO4Si2. The molecule has 3 atom stereocenters. The van der Waals surface area contributed by atoms with E-state index < -0.39 is 22.7 Å². The van der Waals surface area contributed by atoms with Gasteiger partial charge in [0.25, 0.3) is 8.32 Å². The molecule has 1 aliphatic heterocycles. The Bertz CT molecular complexity index is 1030. The first-order chi connectivity index (χ1) is 17.4. The number of ether oxygens (including phenoxy) is 1. The molecule has 5 nitrogen and oxygen atoms in total. The van der Waals surface area contributed by atoms with E-state index in [1.807, 2.05) is 18.2 Å². The lowest BCUT2D eigenvalue weighted by molar-refractivity contribution is 0.00645. The van der Waals surface area contributed by atoms with E-state index in [0.717, 1.165) is 12.0 Å². The number of hydrogen-bond donors (Lipinski definition) is 0. The van der Waals surface area contributed by atoms with Crippen molar-refractivity contribution < 1.29 is 18.4 Å². The van der Waals surface area contributed by atoms with Crippen molar-refractivity contribution in [1.82, 2.24) is 0 Å². The van der Waals surface area contributed by atoms with E-state index in [2.05, 4.69) is 92.9 Å². The standard InChI is InChI=1S/C31H51NO4Si2/c1-23-16-12-13-17-24-18-14-20-26(35-37(8,9)30(2,3)4)28(24)29(33)34-25(19-15-21-32)22-27(23)36-38(10,11)31(5,6)7/h12-14,18,20,23,25,27H,15-17,19,22H2,1-11H3/b13-12+/t23-,25-,27?/m0/s1. The first-order valence-corrected chi connectivity index (χ1v) is 19.9. The van der Waals surface area contributed by atoms with Gasteiger partial charge in [0, 0.05) is 12.8 Å². The Kier molecular flexibility index (Phi) is 10.7. The molecule has 7 heteroatoms. The van der Waals surface area contributed by atoms with E-state index >= 15 is 0 Å². The number of fused-ring (bicyclic) bond motifs is 1. The van der Waals surface area contributed by atoms with Gasteiger partial charge in [0.15, 0.2) is 8.32 Å². The van der Waals surface area contributed by atoms with Crippen LogP contribution in [0.15, 0.2) is 30.4 Å². The molecule has 1 heterocycles. The predicted molar refractivity (Wildman–Crippen MR) is 162 cm³/mol. The average Bonchev–Trinajstić information content (AvgIpc) is 2.77. The number of carbonyl (C=O) groups excluding carboxylic acids is 1. The number of allylic oxidation sites excluding steroid dienone is 2. The monoisotopic (exact) mass is 557 g/mol. The molecule has 0 fully saturated rings. The first-order valence-electron chi connectivity index (χ1n) is 14.1. The summed E-state index contributed by atoms with van der Waals surface area (Å²) in [7, 11) is -4.25. The first kappa shape index (κ1) is 32.3. The molecule has 1 aromatic rings. The molecule has 0 bridgehead atoms. The summed E-state index contributed by atoms with van der Waals surface area (Å²) in [5.41, 5.74) is 1.42. The number of esters is 1. The molecule has 0 saturated heterocycles. The third kappa shape index (κ3) is 8.30. The second-order valence-electron chi connectivity index (χ2n) is 13.9. The number of carbonyl (C=O) groups is 1. The highest BCUT2D eigenvalue weighted by molar-refractivity contribution is 6.75. The van der Waals surface area contributed by atoms with Gasteiger partial charge in [-0.15, -0.1) is 0 Å². The van der Waals surface area contributed by atoms with Crippen LogP contribution in [0.25, 0.3) is 0 Å². The Labute approximate surface area is 234 Å². The molecule has 0 aromatic heterocycles. The minimum atomic E-state index is -2.19. The van der Waals surface area contributed by atoms with Crippen molar-refractivity contribution in [2.75, 3.05) is 0 Å². The summed E-state index contributed by atoms with van der Waals surface area (Å²) in [5.74, 6) is 0.492. The Morgan fingerprint density at radius 3 is 2.24 bits per heavy atom. The fourth-order valence-corrected chi connectivity index (χ4v) is 6.50. The van der Waals surface area contributed by atoms with Crippen molar-refractivity contribution in [3.05, 3.63) is 41.5 Å². The summed E-state index contributed by atoms with van der Waals surface area (Å²) in [6.07, 6.45) is 6.81. The van der Waals surface area contributed by atoms with Gasteiger partial charge in [-0.3, -0.25) is 0 Å². The SMILES string of the molecule is C[C@H]1C/C=C/Cc2cccc(O[Si](C)(C)C(C)(C)C)c2C(=O)O[C@@H](CCC#N)CC1O[Si](C)(C)C(C)(C)C. The third-order valence-electron chi connectivity index (χ3n) is 8.73. The maximum Gasteiger partial charge on any atom is 0.342 e. The Morgan fingerprint density at radius 2 is 1.66 bits per heavy atom. The van der Waals surface area contributed by atoms with Gasteiger partial charge in [-0.25, -0.2) is 4.79 Å². The van der Waals surface area contributed by atoms with E-state index in [9.17, 15) is 10.1 Å². The minimum Gasteiger partial charge on any atom is -0.543 e. The van der Waals surface area contributed by atoms with Crippen LogP contribution < -0.4 is 4.43 Å². The van der Waals surface area contributed by atoms with Gasteiger partial charge in [0.05, 0.1) is 12.2 Å². The van der Waals surface area contributed by atoms with Gasteiger partial charge in [-0.05, 0) is 73.1 Å². The molecule has 0 saturated carbocycles. The third-order valence-corrected chi connectivity index (χ3v) is 17.6. The highest BCUT2D eigenvalue weighted by atomic mass is 28.4. The Hall–Kier alpha value is -1.89. The molecule has 0 amide bonds. The lowest BCUT2D eigenvalue weighted by Crippen LogP contribution is -2.46. The largest absolute Gasteiger partial charge is 0.543 e. The zero-order valence-corrected chi connectivity index (χ0v) is 27.7. The second kappa shape index (κ2) is 12.5. The molecule has 0 aliphatic carbocycles. The maximum atomic E-state index is 13.9. The van der Waals surface area contributed by atoms with Gasteiger partial charge in [-0.2, -0.15) is 5.26 Å². The Morgan fingerprint density at radius 1 is 1.03 bits per heavy atom. The van der Waals surface area contributed by atoms with Crippen LogP contribution in [0.1, 0.15) is 90.1 Å². The van der Waals surface area contributed by atoms with Crippen LogP contribution in [0.3, 0.4) is 0 Å². The van der Waals surface area contributed by atoms with Crippen molar-refractivity contribution in [3.8, 4) is 11.8 Å². The summed E-state index contributed by atoms with van der Waals surface area (Å²) in [6.45, 7) is 24.4. The van der Waals surface area contributed by atoms with Crippen molar-refractivity contribution in [1.29, 1.82) is 5.26 Å². The highest BCUT2D eigenvalue weighted by Gasteiger charge is 2.42. The van der Waals surface area contributed by atoms with Gasteiger partial charge < -0.3 is 13.6 Å². The van der Waals surface area contributed by atoms with Gasteiger partial charge in [0.1, 0.15) is 17.4 Å². The average molecular weight is 558 g/mol. The van der Waals surface area contributed by atoms with Crippen LogP contribution in [0.4, 0.5) is 0 Å². The Balaban J connectivity index is 2.52. The van der Waals surface area contributed by atoms with Crippen LogP contribution >= 0.6 is 0 Å². The zero-order valence-electron chi connectivity index (χ0n) is 25.7. The van der Waals surface area contributed by atoms with Gasteiger partial charge in [-0.1, -0.05) is 72.8 Å². The molecular weight excluding hydrogens is 507 g/mol. The molecule has 0 N–H and O–H groups in total. The van der Waals surface area contributed by atoms with Crippen molar-refractivity contribution in [2.45, 2.75) is 129 Å². The fourth-order valence-electron chi connectivity index (χ4n) is 4.04. The van der Waals surface area contributed by atoms with E-state index in [1.54, 1.807) is 0 Å². The van der Waals surface area contributed by atoms with Crippen molar-refractivity contribution in [3.63, 3.8) is 0 Å². The molecule has 1 aliphatic rings. The molecule has 0 spiro atoms. The minimum absolute atomic E-state index is 0.00923. The smallest absolute Gasteiger partial charge is 0.342 e. The van der Waals surface area contributed by atoms with E-state index in [0.29, 0.717) is 37.0 Å². The lowest BCUT2D eigenvalue weighted by Gasteiger charge is -2.41. The van der Waals surface area contributed by atoms with Crippen LogP contribution in [0, 0.1) is 17.2 Å². The number of rotatable bonds is 6. The molecule has 2 rings (SSSR count). The fraction of sp³-hybridized carbons (Fsp3) is 0.677. The predicted octanol–water partition coefficient (Wildman–Crippen LogP) is 8.82. The zero-order chi connectivity index (χ0) is 28.9. The van der Waals surface area contributed by atoms with Crippen LogP contribution in [-0.4, -0.2) is 34.8 Å². The van der Waals surface area contributed by atoms with Gasteiger partial charge >= 0.3 is 5.97 Å². The number of benzene rings is 1. The topological polar surface area (TPSA) is 68.5 Å². The van der Waals surface area contributed by atoms with E-state index in [-0.39, 0.29) is 28.1 Å². The number of hydrogen-bond acceptors (Lipinski definition) is 5. The molecule has 1 unspecified atom stereocenters. The van der Waals surface area contributed by atoms with Crippen LogP contribution in [-0.2, 0) is 15.6 Å². The molecule has 212 valence electrons. The number of cyclic esters (lactones) is 1. The summed E-state index contributed by atoms with van der Waals surface area (Å²) >= 11 is 0. The maximum absolute atomic E-state index is 13.9. The van der Waals surface area contributed by atoms with Crippen molar-refractivity contribution >= 4 is 22.6 Å². The lowest BCUT2D eigenvalue weighted by atomic mass is 9.93. The molecule has 38 heavy (non-hydrogen) atoms. The summed E-state index contributed by atoms with van der Waals surface area (Å²) in [6, 6.07) is 8.09. The van der Waals surface area contributed by atoms with Crippen LogP contribution in [0.5, 0.6) is 5.75 Å². The molecule has 0 radical (unpaired) electrons. The normalized spacial score (nSPS) is 22.8.